The Morgan fingerprint density at radius 1 is 1.15 bits per heavy atom. The quantitative estimate of drug-likeness (QED) is 0.575. The van der Waals surface area contributed by atoms with Gasteiger partial charge in [0.25, 0.3) is 5.91 Å². The van der Waals surface area contributed by atoms with E-state index in [-0.39, 0.29) is 18.2 Å². The molecule has 0 spiro atoms. The maximum Gasteiger partial charge on any atom is 0.257 e. The summed E-state index contributed by atoms with van der Waals surface area (Å²) in [6.45, 7) is 6.79. The van der Waals surface area contributed by atoms with E-state index in [0.717, 1.165) is 11.1 Å². The molecule has 0 saturated carbocycles. The lowest BCUT2D eigenvalue weighted by Crippen LogP contribution is -2.34. The van der Waals surface area contributed by atoms with Crippen LogP contribution in [0.15, 0.2) is 48.8 Å². The highest BCUT2D eigenvalue weighted by Gasteiger charge is 2.37. The largest absolute Gasteiger partial charge is 0.493 e. The van der Waals surface area contributed by atoms with Crippen LogP contribution in [-0.2, 0) is 11.3 Å². The molecule has 1 heterocycles. The summed E-state index contributed by atoms with van der Waals surface area (Å²) >= 11 is 0. The molecule has 0 radical (unpaired) electrons. The lowest BCUT2D eigenvalue weighted by molar-refractivity contribution is -0.129. The van der Waals surface area contributed by atoms with Gasteiger partial charge in [0.15, 0.2) is 11.5 Å². The van der Waals surface area contributed by atoms with Gasteiger partial charge in [0.2, 0.25) is 5.91 Å². The molecule has 1 aliphatic heterocycles. The number of benzene rings is 2. The van der Waals surface area contributed by atoms with E-state index < -0.39 is 6.04 Å². The molecule has 1 atom stereocenters. The molecule has 1 aliphatic rings. The van der Waals surface area contributed by atoms with Crippen LogP contribution < -0.4 is 14.8 Å². The van der Waals surface area contributed by atoms with Crippen molar-refractivity contribution in [1.82, 2.24) is 14.7 Å². The smallest absolute Gasteiger partial charge is 0.257 e. The fourth-order valence-electron chi connectivity index (χ4n) is 3.93. The van der Waals surface area contributed by atoms with Crippen LogP contribution in [0.2, 0.25) is 0 Å². The fourth-order valence-corrected chi connectivity index (χ4v) is 3.93. The number of carbonyl (C=O) groups is 2. The Balaban J connectivity index is 2.02. The lowest BCUT2D eigenvalue weighted by atomic mass is 10.0. The summed E-state index contributed by atoms with van der Waals surface area (Å²) in [5.74, 6) is 1.67. The first kappa shape index (κ1) is 25.0. The zero-order chi connectivity index (χ0) is 25.0. The van der Waals surface area contributed by atoms with Crippen LogP contribution in [0.25, 0.3) is 0 Å². The van der Waals surface area contributed by atoms with E-state index in [9.17, 15) is 9.59 Å². The molecule has 8 heteroatoms. The summed E-state index contributed by atoms with van der Waals surface area (Å²) in [5.41, 5.74) is 3.02. The third kappa shape index (κ3) is 5.11. The topological polar surface area (TPSA) is 74.4 Å². The number of methoxy groups -OCH3 is 1. The van der Waals surface area contributed by atoms with Crippen molar-refractivity contribution >= 4 is 17.5 Å². The molecule has 182 valence electrons. The Kier molecular flexibility index (Phi) is 7.71. The Morgan fingerprint density at radius 2 is 1.88 bits per heavy atom. The Labute approximate surface area is 201 Å². The number of rotatable bonds is 10. The molecule has 8 nitrogen and oxygen atoms in total. The second-order valence-corrected chi connectivity index (χ2v) is 8.59. The van der Waals surface area contributed by atoms with E-state index in [1.807, 2.05) is 62.3 Å². The zero-order valence-electron chi connectivity index (χ0n) is 20.8. The molecule has 1 unspecified atom stereocenters. The molecule has 0 saturated heterocycles. The zero-order valence-corrected chi connectivity index (χ0v) is 20.8. The molecule has 1 N–H and O–H groups in total. The van der Waals surface area contributed by atoms with E-state index in [0.29, 0.717) is 41.7 Å². The maximum atomic E-state index is 13.7. The van der Waals surface area contributed by atoms with Crippen LogP contribution in [0.1, 0.15) is 40.9 Å². The summed E-state index contributed by atoms with van der Waals surface area (Å²) in [6, 6.07) is 10.8. The molecular formula is C26H34N4O4. The van der Waals surface area contributed by atoms with Crippen molar-refractivity contribution in [3.8, 4) is 11.5 Å². The van der Waals surface area contributed by atoms with E-state index in [2.05, 4.69) is 11.9 Å². The van der Waals surface area contributed by atoms with Crippen LogP contribution in [0.5, 0.6) is 11.5 Å². The van der Waals surface area contributed by atoms with E-state index in [4.69, 9.17) is 9.47 Å². The second-order valence-electron chi connectivity index (χ2n) is 8.59. The Morgan fingerprint density at radius 3 is 2.50 bits per heavy atom. The molecule has 0 fully saturated rings. The van der Waals surface area contributed by atoms with Crippen LogP contribution in [0.3, 0.4) is 0 Å². The Hall–Kier alpha value is -3.68. The number of fused-ring (bicyclic) bond motifs is 1. The molecule has 2 aromatic rings. The van der Waals surface area contributed by atoms with E-state index in [1.165, 1.54) is 0 Å². The van der Waals surface area contributed by atoms with Crippen molar-refractivity contribution < 1.29 is 19.1 Å². The van der Waals surface area contributed by atoms with Crippen LogP contribution in [0, 0.1) is 0 Å². The van der Waals surface area contributed by atoms with E-state index in [1.54, 1.807) is 31.0 Å². The lowest BCUT2D eigenvalue weighted by Gasteiger charge is -2.29. The highest BCUT2D eigenvalue weighted by atomic mass is 16.5. The Bertz CT molecular complexity index is 1080. The molecule has 0 aliphatic carbocycles. The normalized spacial score (nSPS) is 13.2. The number of amides is 2. The third-order valence-corrected chi connectivity index (χ3v) is 5.90. The van der Waals surface area contributed by atoms with Gasteiger partial charge in [-0.2, -0.15) is 0 Å². The SMILES string of the molecule is C=C(Nc1cccc2c1C(=O)N(C(CC(=O)N(C)C)c1ccc(OC)c(OCC)c1)C2)N(C)C. The minimum absolute atomic E-state index is 0.0677. The first-order chi connectivity index (χ1) is 16.2. The number of nitrogens with one attached hydrogen (secondary N) is 1. The first-order valence-corrected chi connectivity index (χ1v) is 11.2. The van der Waals surface area contributed by atoms with Crippen molar-refractivity contribution in [2.45, 2.75) is 25.9 Å². The van der Waals surface area contributed by atoms with Gasteiger partial charge in [0.05, 0.1) is 43.3 Å². The molecule has 34 heavy (non-hydrogen) atoms. The predicted molar refractivity (Wildman–Crippen MR) is 133 cm³/mol. The minimum Gasteiger partial charge on any atom is -0.493 e. The standard InChI is InChI=1S/C26H34N4O4/c1-8-34-23-14-18(12-13-22(23)33-7)21(15-24(31)29(5)6)30-16-19-10-9-11-20(25(19)26(30)32)27-17(2)28(3)4/h9-14,21,27H,2,8,15-16H2,1,3-7H3. The molecule has 2 amide bonds. The number of ether oxygens (including phenoxy) is 2. The van der Waals surface area contributed by atoms with Crippen molar-refractivity contribution in [3.63, 3.8) is 0 Å². The number of carbonyl (C=O) groups excluding carboxylic acids is 2. The summed E-state index contributed by atoms with van der Waals surface area (Å²) in [6.07, 6.45) is 0.151. The number of hydrogen-bond acceptors (Lipinski definition) is 6. The van der Waals surface area contributed by atoms with Crippen molar-refractivity contribution in [2.24, 2.45) is 0 Å². The molecule has 3 rings (SSSR count). The van der Waals surface area contributed by atoms with Gasteiger partial charge in [0.1, 0.15) is 0 Å². The van der Waals surface area contributed by atoms with Gasteiger partial charge in [-0.3, -0.25) is 9.59 Å². The van der Waals surface area contributed by atoms with Gasteiger partial charge < -0.3 is 29.5 Å². The molecular weight excluding hydrogens is 432 g/mol. The minimum atomic E-state index is -0.468. The molecule has 2 aromatic carbocycles. The van der Waals surface area contributed by atoms with Gasteiger partial charge in [-0.15, -0.1) is 0 Å². The monoisotopic (exact) mass is 466 g/mol. The summed E-state index contributed by atoms with van der Waals surface area (Å²) in [4.78, 5) is 31.7. The van der Waals surface area contributed by atoms with Crippen LogP contribution in [0.4, 0.5) is 5.69 Å². The van der Waals surface area contributed by atoms with Crippen LogP contribution >= 0.6 is 0 Å². The van der Waals surface area contributed by atoms with Crippen molar-refractivity contribution in [1.29, 1.82) is 0 Å². The fraction of sp³-hybridized carbons (Fsp3) is 0.385. The second kappa shape index (κ2) is 10.5. The molecule has 0 aromatic heterocycles. The average Bonchev–Trinajstić information content (AvgIpc) is 3.14. The van der Waals surface area contributed by atoms with Gasteiger partial charge in [-0.1, -0.05) is 24.8 Å². The van der Waals surface area contributed by atoms with Gasteiger partial charge in [-0.05, 0) is 36.2 Å². The highest BCUT2D eigenvalue weighted by Crippen LogP contribution is 2.39. The number of nitrogens with zero attached hydrogens (tertiary/aromatic N) is 3. The average molecular weight is 467 g/mol. The van der Waals surface area contributed by atoms with Gasteiger partial charge in [0, 0.05) is 34.7 Å². The maximum absolute atomic E-state index is 13.7. The van der Waals surface area contributed by atoms with Crippen molar-refractivity contribution in [3.05, 3.63) is 65.5 Å². The van der Waals surface area contributed by atoms with Crippen molar-refractivity contribution in [2.75, 3.05) is 47.2 Å². The number of hydrogen-bond donors (Lipinski definition) is 1. The molecule has 0 bridgehead atoms. The number of anilines is 1. The predicted octanol–water partition coefficient (Wildman–Crippen LogP) is 3.71. The summed E-state index contributed by atoms with van der Waals surface area (Å²) in [5, 5.41) is 3.24. The third-order valence-electron chi connectivity index (χ3n) is 5.90. The van der Waals surface area contributed by atoms with E-state index >= 15 is 0 Å². The summed E-state index contributed by atoms with van der Waals surface area (Å²) in [7, 11) is 8.79. The van der Waals surface area contributed by atoms with Crippen LogP contribution in [-0.4, -0.2) is 68.4 Å². The van der Waals surface area contributed by atoms with Gasteiger partial charge >= 0.3 is 0 Å². The van der Waals surface area contributed by atoms with Gasteiger partial charge in [-0.25, -0.2) is 0 Å². The first-order valence-electron chi connectivity index (χ1n) is 11.2. The highest BCUT2D eigenvalue weighted by molar-refractivity contribution is 6.04. The summed E-state index contributed by atoms with van der Waals surface area (Å²) < 4.78 is 11.2.